The van der Waals surface area contributed by atoms with Crippen LogP contribution >= 0.6 is 11.5 Å². The lowest BCUT2D eigenvalue weighted by Crippen LogP contribution is -2.25. The number of nitrogens with two attached hydrogens (primary N) is 1. The third-order valence-corrected chi connectivity index (χ3v) is 3.75. The minimum atomic E-state index is 0.651. The molecule has 2 N–H and O–H groups in total. The molecule has 72 valence electrons. The van der Waals surface area contributed by atoms with Crippen molar-refractivity contribution in [2.45, 2.75) is 32.7 Å². The van der Waals surface area contributed by atoms with Gasteiger partial charge in [0.15, 0.2) is 0 Å². The number of rotatable bonds is 1. The first-order chi connectivity index (χ1) is 6.20. The fraction of sp³-hybridized carbons (Fsp3) is 0.667. The van der Waals surface area contributed by atoms with Crippen LogP contribution in [0.5, 0.6) is 0 Å². The van der Waals surface area contributed by atoms with E-state index in [0.29, 0.717) is 11.9 Å². The summed E-state index contributed by atoms with van der Waals surface area (Å²) in [6, 6.07) is 0.651. The van der Waals surface area contributed by atoms with Crippen molar-refractivity contribution in [3.63, 3.8) is 0 Å². The van der Waals surface area contributed by atoms with Crippen molar-refractivity contribution in [3.8, 4) is 0 Å². The van der Waals surface area contributed by atoms with Gasteiger partial charge < -0.3 is 10.6 Å². The van der Waals surface area contributed by atoms with E-state index in [1.165, 1.54) is 29.4 Å². The predicted molar refractivity (Wildman–Crippen MR) is 57.3 cm³/mol. The molecule has 1 aliphatic rings. The van der Waals surface area contributed by atoms with Crippen molar-refractivity contribution < 1.29 is 0 Å². The minimum Gasteiger partial charge on any atom is -0.383 e. The van der Waals surface area contributed by atoms with E-state index in [4.69, 9.17) is 5.73 Å². The van der Waals surface area contributed by atoms with Gasteiger partial charge in [-0.15, -0.1) is 0 Å². The van der Waals surface area contributed by atoms with Gasteiger partial charge in [0.2, 0.25) is 0 Å². The second-order valence-electron chi connectivity index (χ2n) is 3.68. The van der Waals surface area contributed by atoms with Crippen LogP contribution in [-0.2, 0) is 0 Å². The Hall–Kier alpha value is -0.770. The standard InChI is InChI=1S/C9H15N3S/c1-6-4-3-5-12(6)9-7(2)8(10)11-13-9/h6H,3-5H2,1-2H3,(H2,10,11). The summed E-state index contributed by atoms with van der Waals surface area (Å²) in [6.07, 6.45) is 2.58. The fourth-order valence-corrected chi connectivity index (χ4v) is 2.78. The van der Waals surface area contributed by atoms with Crippen molar-refractivity contribution in [2.24, 2.45) is 0 Å². The molecule has 2 rings (SSSR count). The van der Waals surface area contributed by atoms with Crippen LogP contribution in [-0.4, -0.2) is 17.0 Å². The van der Waals surface area contributed by atoms with E-state index >= 15 is 0 Å². The van der Waals surface area contributed by atoms with Crippen molar-refractivity contribution in [1.29, 1.82) is 0 Å². The summed E-state index contributed by atoms with van der Waals surface area (Å²) in [5.74, 6) is 0.694. The highest BCUT2D eigenvalue weighted by Crippen LogP contribution is 2.34. The smallest absolute Gasteiger partial charge is 0.142 e. The maximum atomic E-state index is 5.73. The van der Waals surface area contributed by atoms with Crippen LogP contribution in [0.2, 0.25) is 0 Å². The van der Waals surface area contributed by atoms with E-state index in [0.717, 1.165) is 12.1 Å². The van der Waals surface area contributed by atoms with Gasteiger partial charge in [-0.1, -0.05) is 0 Å². The summed E-state index contributed by atoms with van der Waals surface area (Å²) < 4.78 is 4.17. The Morgan fingerprint density at radius 1 is 1.62 bits per heavy atom. The molecule has 1 fully saturated rings. The van der Waals surface area contributed by atoms with Gasteiger partial charge in [0.05, 0.1) is 0 Å². The molecule has 3 nitrogen and oxygen atoms in total. The van der Waals surface area contributed by atoms with Crippen LogP contribution in [0.3, 0.4) is 0 Å². The first-order valence-electron chi connectivity index (χ1n) is 4.68. The van der Waals surface area contributed by atoms with Crippen LogP contribution in [0.4, 0.5) is 10.8 Å². The van der Waals surface area contributed by atoms with E-state index in [1.54, 1.807) is 0 Å². The first kappa shape index (κ1) is 8.81. The lowest BCUT2D eigenvalue weighted by molar-refractivity contribution is 0.738. The van der Waals surface area contributed by atoms with Gasteiger partial charge in [-0.05, 0) is 38.2 Å². The number of nitrogen functional groups attached to an aromatic ring is 1. The summed E-state index contributed by atoms with van der Waals surface area (Å²) in [7, 11) is 0. The number of nitrogens with zero attached hydrogens (tertiary/aromatic N) is 2. The molecule has 0 radical (unpaired) electrons. The highest BCUT2D eigenvalue weighted by molar-refractivity contribution is 7.10. The van der Waals surface area contributed by atoms with Gasteiger partial charge >= 0.3 is 0 Å². The largest absolute Gasteiger partial charge is 0.383 e. The Bertz CT molecular complexity index is 308. The molecule has 1 atom stereocenters. The molecular formula is C9H15N3S. The summed E-state index contributed by atoms with van der Waals surface area (Å²) >= 11 is 1.53. The summed E-state index contributed by atoms with van der Waals surface area (Å²) in [4.78, 5) is 2.42. The third-order valence-electron chi connectivity index (χ3n) is 2.75. The van der Waals surface area contributed by atoms with Crippen LogP contribution in [0, 0.1) is 6.92 Å². The highest BCUT2D eigenvalue weighted by atomic mass is 32.1. The summed E-state index contributed by atoms with van der Waals surface area (Å²) in [6.45, 7) is 5.48. The van der Waals surface area contributed by atoms with Crippen molar-refractivity contribution >= 4 is 22.4 Å². The second kappa shape index (κ2) is 3.18. The Balaban J connectivity index is 2.29. The van der Waals surface area contributed by atoms with Gasteiger partial charge in [-0.3, -0.25) is 0 Å². The van der Waals surface area contributed by atoms with Crippen LogP contribution in [0.25, 0.3) is 0 Å². The molecule has 0 aliphatic carbocycles. The maximum Gasteiger partial charge on any atom is 0.142 e. The molecule has 1 unspecified atom stereocenters. The Morgan fingerprint density at radius 3 is 2.85 bits per heavy atom. The molecule has 0 amide bonds. The lowest BCUT2D eigenvalue weighted by atomic mass is 10.2. The molecular weight excluding hydrogens is 182 g/mol. The van der Waals surface area contributed by atoms with Gasteiger partial charge in [0.25, 0.3) is 0 Å². The third kappa shape index (κ3) is 1.39. The normalized spacial score (nSPS) is 22.6. The number of hydrogen-bond donors (Lipinski definition) is 1. The molecule has 4 heteroatoms. The average Bonchev–Trinajstić information content (AvgIpc) is 2.62. The van der Waals surface area contributed by atoms with Gasteiger partial charge in [0.1, 0.15) is 10.8 Å². The van der Waals surface area contributed by atoms with Crippen LogP contribution < -0.4 is 10.6 Å². The van der Waals surface area contributed by atoms with Crippen molar-refractivity contribution in [3.05, 3.63) is 5.56 Å². The van der Waals surface area contributed by atoms with E-state index in [9.17, 15) is 0 Å². The number of aromatic nitrogens is 1. The molecule has 0 bridgehead atoms. The number of anilines is 2. The molecule has 0 aromatic carbocycles. The molecule has 1 saturated heterocycles. The Labute approximate surface area is 82.7 Å². The molecule has 13 heavy (non-hydrogen) atoms. The van der Waals surface area contributed by atoms with Gasteiger partial charge in [0, 0.05) is 18.2 Å². The molecule has 0 spiro atoms. The minimum absolute atomic E-state index is 0.651. The zero-order chi connectivity index (χ0) is 9.42. The molecule has 1 aromatic rings. The van der Waals surface area contributed by atoms with E-state index < -0.39 is 0 Å². The SMILES string of the molecule is Cc1c(N)nsc1N1CCCC1C. The topological polar surface area (TPSA) is 42.1 Å². The molecule has 2 heterocycles. The van der Waals surface area contributed by atoms with Crippen LogP contribution in [0.1, 0.15) is 25.3 Å². The monoisotopic (exact) mass is 197 g/mol. The van der Waals surface area contributed by atoms with Crippen molar-refractivity contribution in [2.75, 3.05) is 17.2 Å². The van der Waals surface area contributed by atoms with E-state index in [2.05, 4.69) is 23.1 Å². The quantitative estimate of drug-likeness (QED) is 0.749. The Morgan fingerprint density at radius 2 is 2.38 bits per heavy atom. The Kier molecular flexibility index (Phi) is 2.15. The second-order valence-corrected chi connectivity index (χ2v) is 4.43. The van der Waals surface area contributed by atoms with Gasteiger partial charge in [-0.2, -0.15) is 4.37 Å². The fourth-order valence-electron chi connectivity index (χ4n) is 1.84. The molecule has 1 aromatic heterocycles. The van der Waals surface area contributed by atoms with Crippen molar-refractivity contribution in [1.82, 2.24) is 4.37 Å². The maximum absolute atomic E-state index is 5.73. The van der Waals surface area contributed by atoms with Gasteiger partial charge in [-0.25, -0.2) is 0 Å². The van der Waals surface area contributed by atoms with E-state index in [1.807, 2.05) is 0 Å². The predicted octanol–water partition coefficient (Wildman–Crippen LogP) is 2.02. The lowest BCUT2D eigenvalue weighted by Gasteiger charge is -2.21. The number of hydrogen-bond acceptors (Lipinski definition) is 4. The zero-order valence-electron chi connectivity index (χ0n) is 8.08. The summed E-state index contributed by atoms with van der Waals surface area (Å²) in [5, 5.41) is 1.27. The molecule has 1 aliphatic heterocycles. The van der Waals surface area contributed by atoms with Crippen LogP contribution in [0.15, 0.2) is 0 Å². The molecule has 0 saturated carbocycles. The zero-order valence-corrected chi connectivity index (χ0v) is 8.90. The van der Waals surface area contributed by atoms with E-state index in [-0.39, 0.29) is 0 Å². The first-order valence-corrected chi connectivity index (χ1v) is 5.46. The highest BCUT2D eigenvalue weighted by Gasteiger charge is 2.24. The summed E-state index contributed by atoms with van der Waals surface area (Å²) in [5.41, 5.74) is 6.88. The average molecular weight is 197 g/mol.